The highest BCUT2D eigenvalue weighted by atomic mass is 79.9. The molecule has 116 valence electrons. The van der Waals surface area contributed by atoms with Crippen LogP contribution in [0.1, 0.15) is 43.5 Å². The normalized spacial score (nSPS) is 13.5. The Balaban J connectivity index is 2.57. The fourth-order valence-electron chi connectivity index (χ4n) is 2.04. The van der Waals surface area contributed by atoms with Gasteiger partial charge in [-0.15, -0.1) is 0 Å². The number of nitrogens with one attached hydrogen (secondary N) is 1. The summed E-state index contributed by atoms with van der Waals surface area (Å²) in [5.74, 6) is -1.57. The van der Waals surface area contributed by atoms with Gasteiger partial charge in [0, 0.05) is 16.2 Å². The van der Waals surface area contributed by atoms with Gasteiger partial charge >= 0.3 is 5.97 Å². The average molecular weight is 357 g/mol. The Morgan fingerprint density at radius 2 is 2.00 bits per heavy atom. The Kier molecular flexibility index (Phi) is 6.68. The van der Waals surface area contributed by atoms with Gasteiger partial charge in [-0.2, -0.15) is 0 Å². The van der Waals surface area contributed by atoms with Gasteiger partial charge in [0.05, 0.1) is 11.5 Å². The number of carbonyl (C=O) groups excluding carboxylic acids is 1. The maximum atomic E-state index is 11.4. The molecular weight excluding hydrogens is 336 g/mol. The van der Waals surface area contributed by atoms with Gasteiger partial charge in [0.25, 0.3) is 5.91 Å². The third kappa shape index (κ3) is 5.75. The predicted molar refractivity (Wildman–Crippen MR) is 86.4 cm³/mol. The Bertz CT molecular complexity index is 520. The zero-order chi connectivity index (χ0) is 16.0. The van der Waals surface area contributed by atoms with E-state index in [1.165, 1.54) is 0 Å². The molecule has 21 heavy (non-hydrogen) atoms. The molecule has 1 aromatic carbocycles. The van der Waals surface area contributed by atoms with Crippen LogP contribution >= 0.6 is 15.9 Å². The highest BCUT2D eigenvalue weighted by Gasteiger charge is 2.13. The molecule has 0 aromatic heterocycles. The van der Waals surface area contributed by atoms with Crippen molar-refractivity contribution in [2.24, 2.45) is 11.7 Å². The van der Waals surface area contributed by atoms with E-state index >= 15 is 0 Å². The first kappa shape index (κ1) is 17.5. The van der Waals surface area contributed by atoms with Crippen molar-refractivity contribution in [1.82, 2.24) is 0 Å². The smallest absolute Gasteiger partial charge is 0.306 e. The van der Waals surface area contributed by atoms with E-state index in [0.717, 1.165) is 17.3 Å². The number of anilines is 1. The number of carbonyl (C=O) groups is 2. The van der Waals surface area contributed by atoms with Crippen LogP contribution < -0.4 is 11.1 Å². The number of amides is 1. The maximum Gasteiger partial charge on any atom is 0.306 e. The second-order valence-electron chi connectivity index (χ2n) is 5.27. The summed E-state index contributed by atoms with van der Waals surface area (Å²) < 4.78 is 0.796. The molecular formula is C15H21BrN2O3. The lowest BCUT2D eigenvalue weighted by Gasteiger charge is -2.18. The molecule has 2 atom stereocenters. The largest absolute Gasteiger partial charge is 0.481 e. The number of nitrogens with two attached hydrogens (primary N) is 1. The average Bonchev–Trinajstić information content (AvgIpc) is 2.40. The Morgan fingerprint density at radius 1 is 1.33 bits per heavy atom. The highest BCUT2D eigenvalue weighted by molar-refractivity contribution is 9.10. The van der Waals surface area contributed by atoms with Crippen LogP contribution in [0.3, 0.4) is 0 Å². The molecule has 0 aliphatic heterocycles. The van der Waals surface area contributed by atoms with Gasteiger partial charge in [-0.3, -0.25) is 9.59 Å². The topological polar surface area (TPSA) is 92.4 Å². The van der Waals surface area contributed by atoms with Gasteiger partial charge in [-0.1, -0.05) is 29.3 Å². The standard InChI is InChI=1S/C15H21BrN2O3/c1-9(15(20)21)4-3-5-10(2)18-13-7-6-11(16)8-12(13)14(17)19/h6-10,18H,3-5H2,1-2H3,(H2,17,19)(H,20,21). The molecule has 0 spiro atoms. The second-order valence-corrected chi connectivity index (χ2v) is 6.19. The maximum absolute atomic E-state index is 11.4. The van der Waals surface area contributed by atoms with E-state index in [9.17, 15) is 9.59 Å². The lowest BCUT2D eigenvalue weighted by atomic mass is 10.0. The van der Waals surface area contributed by atoms with Crippen molar-refractivity contribution in [3.05, 3.63) is 28.2 Å². The van der Waals surface area contributed by atoms with Crippen molar-refractivity contribution >= 4 is 33.5 Å². The molecule has 0 saturated heterocycles. The van der Waals surface area contributed by atoms with Gasteiger partial charge in [0.1, 0.15) is 0 Å². The summed E-state index contributed by atoms with van der Waals surface area (Å²) in [5, 5.41) is 12.1. The van der Waals surface area contributed by atoms with E-state index in [-0.39, 0.29) is 12.0 Å². The first-order chi connectivity index (χ1) is 9.81. The van der Waals surface area contributed by atoms with Gasteiger partial charge in [-0.05, 0) is 38.0 Å². The molecule has 0 heterocycles. The lowest BCUT2D eigenvalue weighted by molar-refractivity contribution is -0.141. The summed E-state index contributed by atoms with van der Waals surface area (Å²) in [5.41, 5.74) is 6.51. The van der Waals surface area contributed by atoms with Gasteiger partial charge in [0.15, 0.2) is 0 Å². The van der Waals surface area contributed by atoms with Gasteiger partial charge in [0.2, 0.25) is 0 Å². The van der Waals surface area contributed by atoms with Gasteiger partial charge in [-0.25, -0.2) is 0 Å². The van der Waals surface area contributed by atoms with Crippen LogP contribution in [-0.2, 0) is 4.79 Å². The third-order valence-electron chi connectivity index (χ3n) is 3.34. The molecule has 5 nitrogen and oxygen atoms in total. The van der Waals surface area contributed by atoms with Crippen LogP contribution in [0, 0.1) is 5.92 Å². The lowest BCUT2D eigenvalue weighted by Crippen LogP contribution is -2.20. The molecule has 4 N–H and O–H groups in total. The number of halogens is 1. The molecule has 0 bridgehead atoms. The number of hydrogen-bond acceptors (Lipinski definition) is 3. The summed E-state index contributed by atoms with van der Waals surface area (Å²) in [7, 11) is 0. The van der Waals surface area contributed by atoms with Crippen molar-refractivity contribution in [3.63, 3.8) is 0 Å². The van der Waals surface area contributed by atoms with Crippen LogP contribution in [0.5, 0.6) is 0 Å². The fraction of sp³-hybridized carbons (Fsp3) is 0.467. The SMILES string of the molecule is CC(CCCC(C)C(=O)O)Nc1ccc(Br)cc1C(N)=O. The van der Waals surface area contributed by atoms with Crippen molar-refractivity contribution in [3.8, 4) is 0 Å². The first-order valence-electron chi connectivity index (χ1n) is 6.90. The van der Waals surface area contributed by atoms with Crippen LogP contribution in [0.4, 0.5) is 5.69 Å². The van der Waals surface area contributed by atoms with E-state index in [0.29, 0.717) is 17.7 Å². The Hall–Kier alpha value is -1.56. The molecule has 0 aliphatic rings. The summed E-state index contributed by atoms with van der Waals surface area (Å²) in [6.45, 7) is 3.71. The molecule has 0 fully saturated rings. The van der Waals surface area contributed by atoms with Crippen molar-refractivity contribution in [2.45, 2.75) is 39.2 Å². The van der Waals surface area contributed by atoms with E-state index in [1.807, 2.05) is 13.0 Å². The zero-order valence-corrected chi connectivity index (χ0v) is 13.8. The van der Waals surface area contributed by atoms with E-state index in [2.05, 4.69) is 21.2 Å². The fourth-order valence-corrected chi connectivity index (χ4v) is 2.40. The molecule has 6 heteroatoms. The van der Waals surface area contributed by atoms with Gasteiger partial charge < -0.3 is 16.2 Å². The molecule has 0 aliphatic carbocycles. The van der Waals surface area contributed by atoms with Crippen LogP contribution in [0.2, 0.25) is 0 Å². The van der Waals surface area contributed by atoms with E-state index in [4.69, 9.17) is 10.8 Å². The first-order valence-corrected chi connectivity index (χ1v) is 7.69. The van der Waals surface area contributed by atoms with E-state index < -0.39 is 11.9 Å². The van der Waals surface area contributed by atoms with Crippen molar-refractivity contribution in [2.75, 3.05) is 5.32 Å². The van der Waals surface area contributed by atoms with Crippen LogP contribution in [0.15, 0.2) is 22.7 Å². The number of benzene rings is 1. The summed E-state index contributed by atoms with van der Waals surface area (Å²) in [6, 6.07) is 5.46. The molecule has 1 amide bonds. The second kappa shape index (κ2) is 8.02. The number of aliphatic carboxylic acids is 1. The molecule has 0 radical (unpaired) electrons. The minimum atomic E-state index is -0.764. The minimum Gasteiger partial charge on any atom is -0.481 e. The number of primary amides is 1. The minimum absolute atomic E-state index is 0.130. The number of hydrogen-bond donors (Lipinski definition) is 3. The molecule has 1 aromatic rings. The van der Waals surface area contributed by atoms with Crippen molar-refractivity contribution < 1.29 is 14.7 Å². The predicted octanol–water partition coefficient (Wildman–Crippen LogP) is 3.24. The summed E-state index contributed by atoms with van der Waals surface area (Å²) >= 11 is 3.31. The van der Waals surface area contributed by atoms with Crippen LogP contribution in [-0.4, -0.2) is 23.0 Å². The molecule has 2 unspecified atom stereocenters. The molecule has 1 rings (SSSR count). The molecule has 0 saturated carbocycles. The van der Waals surface area contributed by atoms with Crippen LogP contribution in [0.25, 0.3) is 0 Å². The number of carboxylic acids is 1. The Morgan fingerprint density at radius 3 is 2.57 bits per heavy atom. The highest BCUT2D eigenvalue weighted by Crippen LogP contribution is 2.22. The summed E-state index contributed by atoms with van der Waals surface area (Å²) in [4.78, 5) is 22.2. The monoisotopic (exact) mass is 356 g/mol. The summed E-state index contributed by atoms with van der Waals surface area (Å²) in [6.07, 6.45) is 2.28. The van der Waals surface area contributed by atoms with Crippen molar-refractivity contribution in [1.29, 1.82) is 0 Å². The van der Waals surface area contributed by atoms with E-state index in [1.54, 1.807) is 19.1 Å². The zero-order valence-electron chi connectivity index (χ0n) is 12.2. The number of rotatable bonds is 8. The Labute approximate surface area is 133 Å². The quantitative estimate of drug-likeness (QED) is 0.666. The number of carboxylic acid groups (broad SMARTS) is 1. The third-order valence-corrected chi connectivity index (χ3v) is 3.84.